The Morgan fingerprint density at radius 1 is 1.00 bits per heavy atom. The van der Waals surface area contributed by atoms with Crippen LogP contribution in [0.5, 0.6) is 0 Å². The van der Waals surface area contributed by atoms with Gasteiger partial charge in [0.25, 0.3) is 0 Å². The number of hydrogen-bond acceptors (Lipinski definition) is 2. The molecule has 1 amide bonds. The maximum Gasteiger partial charge on any atom is 0.222 e. The summed E-state index contributed by atoms with van der Waals surface area (Å²) in [5.41, 5.74) is 0. The molecule has 104 valence electrons. The van der Waals surface area contributed by atoms with Gasteiger partial charge in [-0.05, 0) is 57.7 Å². The Hall–Kier alpha value is -0.570. The van der Waals surface area contributed by atoms with Gasteiger partial charge in [0, 0.05) is 19.5 Å². The van der Waals surface area contributed by atoms with Crippen LogP contribution in [0.2, 0.25) is 0 Å². The van der Waals surface area contributed by atoms with Gasteiger partial charge < -0.3 is 9.80 Å². The Balaban J connectivity index is 1.72. The molecule has 2 fully saturated rings. The number of piperidine rings is 2. The van der Waals surface area contributed by atoms with E-state index in [9.17, 15) is 4.79 Å². The number of likely N-dealkylation sites (tertiary alicyclic amines) is 2. The molecule has 3 heteroatoms. The standard InChI is InChI=1S/C15H28N2O/c1-3-13-6-10-17(11-7-13)15(18)12-14-4-8-16(2)9-5-14/h13-14H,3-12H2,1-2H3. The van der Waals surface area contributed by atoms with Gasteiger partial charge >= 0.3 is 0 Å². The normalized spacial score (nSPS) is 24.4. The van der Waals surface area contributed by atoms with Gasteiger partial charge in [0.1, 0.15) is 0 Å². The molecule has 3 nitrogen and oxygen atoms in total. The molecular formula is C15H28N2O. The van der Waals surface area contributed by atoms with Crippen LogP contribution in [0.3, 0.4) is 0 Å². The largest absolute Gasteiger partial charge is 0.343 e. The highest BCUT2D eigenvalue weighted by molar-refractivity contribution is 5.76. The summed E-state index contributed by atoms with van der Waals surface area (Å²) in [5.74, 6) is 1.91. The lowest BCUT2D eigenvalue weighted by atomic mass is 9.91. The van der Waals surface area contributed by atoms with E-state index in [4.69, 9.17) is 0 Å². The summed E-state index contributed by atoms with van der Waals surface area (Å²) in [6, 6.07) is 0. The molecule has 0 aromatic carbocycles. The van der Waals surface area contributed by atoms with E-state index >= 15 is 0 Å². The quantitative estimate of drug-likeness (QED) is 0.770. The lowest BCUT2D eigenvalue weighted by Crippen LogP contribution is -2.40. The van der Waals surface area contributed by atoms with Gasteiger partial charge in [-0.15, -0.1) is 0 Å². The van der Waals surface area contributed by atoms with Crippen LogP contribution in [0.4, 0.5) is 0 Å². The highest BCUT2D eigenvalue weighted by Crippen LogP contribution is 2.24. The van der Waals surface area contributed by atoms with Crippen molar-refractivity contribution in [2.45, 2.75) is 45.4 Å². The van der Waals surface area contributed by atoms with E-state index in [0.717, 1.165) is 38.5 Å². The van der Waals surface area contributed by atoms with Gasteiger partial charge in [0.2, 0.25) is 5.91 Å². The third kappa shape index (κ3) is 3.71. The van der Waals surface area contributed by atoms with Crippen LogP contribution in [0, 0.1) is 11.8 Å². The highest BCUT2D eigenvalue weighted by atomic mass is 16.2. The van der Waals surface area contributed by atoms with Crippen LogP contribution in [-0.2, 0) is 4.79 Å². The van der Waals surface area contributed by atoms with Gasteiger partial charge in [0.15, 0.2) is 0 Å². The SMILES string of the molecule is CCC1CCN(C(=O)CC2CCN(C)CC2)CC1. The van der Waals surface area contributed by atoms with Crippen molar-refractivity contribution in [2.24, 2.45) is 11.8 Å². The number of rotatable bonds is 3. The van der Waals surface area contributed by atoms with Crippen molar-refractivity contribution in [1.82, 2.24) is 9.80 Å². The van der Waals surface area contributed by atoms with Crippen LogP contribution in [0.15, 0.2) is 0 Å². The average molecular weight is 252 g/mol. The number of carbonyl (C=O) groups excluding carboxylic acids is 1. The fourth-order valence-electron chi connectivity index (χ4n) is 3.23. The molecule has 2 saturated heterocycles. The summed E-state index contributed by atoms with van der Waals surface area (Å²) in [5, 5.41) is 0. The van der Waals surface area contributed by atoms with Crippen molar-refractivity contribution in [3.63, 3.8) is 0 Å². The fraction of sp³-hybridized carbons (Fsp3) is 0.933. The van der Waals surface area contributed by atoms with Crippen LogP contribution in [0.25, 0.3) is 0 Å². The van der Waals surface area contributed by atoms with E-state index in [-0.39, 0.29) is 0 Å². The highest BCUT2D eigenvalue weighted by Gasteiger charge is 2.25. The number of nitrogens with zero attached hydrogens (tertiary/aromatic N) is 2. The summed E-state index contributed by atoms with van der Waals surface area (Å²) in [7, 11) is 2.17. The lowest BCUT2D eigenvalue weighted by molar-refractivity contribution is -0.134. The van der Waals surface area contributed by atoms with Crippen molar-refractivity contribution in [3.05, 3.63) is 0 Å². The Labute approximate surface area is 112 Å². The summed E-state index contributed by atoms with van der Waals surface area (Å²) < 4.78 is 0. The Bertz CT molecular complexity index is 264. The molecule has 0 unspecified atom stereocenters. The second kappa shape index (κ2) is 6.55. The van der Waals surface area contributed by atoms with E-state index < -0.39 is 0 Å². The molecule has 0 atom stereocenters. The molecule has 2 aliphatic rings. The third-order valence-electron chi connectivity index (χ3n) is 4.85. The monoisotopic (exact) mass is 252 g/mol. The molecule has 2 aliphatic heterocycles. The minimum absolute atomic E-state index is 0.416. The topological polar surface area (TPSA) is 23.6 Å². The smallest absolute Gasteiger partial charge is 0.222 e. The Morgan fingerprint density at radius 3 is 2.11 bits per heavy atom. The molecule has 18 heavy (non-hydrogen) atoms. The van der Waals surface area contributed by atoms with Crippen LogP contribution in [-0.4, -0.2) is 48.9 Å². The first kappa shape index (κ1) is 13.9. The maximum absolute atomic E-state index is 12.3. The molecule has 0 saturated carbocycles. The first-order valence-corrected chi connectivity index (χ1v) is 7.65. The van der Waals surface area contributed by atoms with Crippen molar-refractivity contribution in [2.75, 3.05) is 33.2 Å². The fourth-order valence-corrected chi connectivity index (χ4v) is 3.23. The zero-order valence-electron chi connectivity index (χ0n) is 12.0. The van der Waals surface area contributed by atoms with E-state index in [2.05, 4.69) is 23.8 Å². The summed E-state index contributed by atoms with van der Waals surface area (Å²) in [6.45, 7) is 6.60. The predicted molar refractivity (Wildman–Crippen MR) is 74.4 cm³/mol. The molecule has 0 spiro atoms. The van der Waals surface area contributed by atoms with E-state index in [1.54, 1.807) is 0 Å². The lowest BCUT2D eigenvalue weighted by Gasteiger charge is -2.34. The van der Waals surface area contributed by atoms with Gasteiger partial charge in [0.05, 0.1) is 0 Å². The minimum Gasteiger partial charge on any atom is -0.343 e. The molecule has 0 aromatic heterocycles. The van der Waals surface area contributed by atoms with Crippen molar-refractivity contribution >= 4 is 5.91 Å². The second-order valence-corrected chi connectivity index (χ2v) is 6.18. The second-order valence-electron chi connectivity index (χ2n) is 6.18. The Morgan fingerprint density at radius 2 is 1.56 bits per heavy atom. The average Bonchev–Trinajstić information content (AvgIpc) is 2.41. The van der Waals surface area contributed by atoms with E-state index in [1.165, 1.54) is 32.1 Å². The molecule has 0 aromatic rings. The van der Waals surface area contributed by atoms with Crippen LogP contribution < -0.4 is 0 Å². The molecular weight excluding hydrogens is 224 g/mol. The van der Waals surface area contributed by atoms with Crippen LogP contribution in [0.1, 0.15) is 45.4 Å². The minimum atomic E-state index is 0.416. The van der Waals surface area contributed by atoms with Gasteiger partial charge in [-0.1, -0.05) is 13.3 Å². The number of carbonyl (C=O) groups is 1. The first-order valence-electron chi connectivity index (χ1n) is 7.65. The van der Waals surface area contributed by atoms with E-state index in [1.807, 2.05) is 0 Å². The van der Waals surface area contributed by atoms with Gasteiger partial charge in [-0.2, -0.15) is 0 Å². The van der Waals surface area contributed by atoms with Gasteiger partial charge in [-0.3, -0.25) is 4.79 Å². The van der Waals surface area contributed by atoms with Gasteiger partial charge in [-0.25, -0.2) is 0 Å². The van der Waals surface area contributed by atoms with E-state index in [0.29, 0.717) is 11.8 Å². The zero-order chi connectivity index (χ0) is 13.0. The molecule has 2 rings (SSSR count). The number of amides is 1. The first-order chi connectivity index (χ1) is 8.69. The van der Waals surface area contributed by atoms with Crippen LogP contribution >= 0.6 is 0 Å². The Kier molecular flexibility index (Phi) is 5.04. The van der Waals surface area contributed by atoms with Crippen molar-refractivity contribution in [3.8, 4) is 0 Å². The summed E-state index contributed by atoms with van der Waals surface area (Å²) in [4.78, 5) is 16.7. The van der Waals surface area contributed by atoms with Crippen molar-refractivity contribution in [1.29, 1.82) is 0 Å². The number of hydrogen-bond donors (Lipinski definition) is 0. The summed E-state index contributed by atoms with van der Waals surface area (Å²) >= 11 is 0. The molecule has 0 aliphatic carbocycles. The zero-order valence-corrected chi connectivity index (χ0v) is 12.0. The predicted octanol–water partition coefficient (Wildman–Crippen LogP) is 2.37. The molecule has 0 bridgehead atoms. The molecule has 0 radical (unpaired) electrons. The summed E-state index contributed by atoms with van der Waals surface area (Å²) in [6.07, 6.45) is 6.91. The molecule has 2 heterocycles. The molecule has 0 N–H and O–H groups in total. The third-order valence-corrected chi connectivity index (χ3v) is 4.85. The van der Waals surface area contributed by atoms with Crippen molar-refractivity contribution < 1.29 is 4.79 Å². The maximum atomic E-state index is 12.3.